The standard InChI is InChI=1S/C12H23NO3/c1-4-16-9-12(3)5-7-13(8-6-12)10(2)11(14)15/h10H,4-9H2,1-3H3,(H,14,15). The van der Waals surface area contributed by atoms with Crippen LogP contribution in [0.5, 0.6) is 0 Å². The Balaban J connectivity index is 2.41. The van der Waals surface area contributed by atoms with E-state index in [2.05, 4.69) is 6.92 Å². The van der Waals surface area contributed by atoms with Crippen LogP contribution >= 0.6 is 0 Å². The smallest absolute Gasteiger partial charge is 0.320 e. The zero-order valence-corrected chi connectivity index (χ0v) is 10.5. The lowest BCUT2D eigenvalue weighted by Crippen LogP contribution is -2.47. The van der Waals surface area contributed by atoms with Gasteiger partial charge in [0.25, 0.3) is 0 Å². The first-order valence-corrected chi connectivity index (χ1v) is 6.03. The SMILES string of the molecule is CCOCC1(C)CCN(C(C)C(=O)O)CC1. The molecule has 1 fully saturated rings. The average molecular weight is 229 g/mol. The van der Waals surface area contributed by atoms with Crippen molar-refractivity contribution < 1.29 is 14.6 Å². The van der Waals surface area contributed by atoms with Crippen molar-refractivity contribution in [3.05, 3.63) is 0 Å². The third-order valence-corrected chi connectivity index (χ3v) is 3.56. The van der Waals surface area contributed by atoms with Crippen molar-refractivity contribution in [2.45, 2.75) is 39.7 Å². The predicted octanol–water partition coefficient (Wildman–Crippen LogP) is 1.60. The molecule has 4 nitrogen and oxygen atoms in total. The quantitative estimate of drug-likeness (QED) is 0.778. The summed E-state index contributed by atoms with van der Waals surface area (Å²) in [5.41, 5.74) is 0.227. The number of carboxylic acids is 1. The zero-order valence-electron chi connectivity index (χ0n) is 10.5. The van der Waals surface area contributed by atoms with E-state index in [1.54, 1.807) is 6.92 Å². The summed E-state index contributed by atoms with van der Waals surface area (Å²) < 4.78 is 5.48. The van der Waals surface area contributed by atoms with Gasteiger partial charge in [0.05, 0.1) is 6.61 Å². The van der Waals surface area contributed by atoms with Gasteiger partial charge in [-0.2, -0.15) is 0 Å². The van der Waals surface area contributed by atoms with Crippen molar-refractivity contribution in [1.29, 1.82) is 0 Å². The molecule has 1 saturated heterocycles. The van der Waals surface area contributed by atoms with E-state index in [0.717, 1.165) is 39.1 Å². The van der Waals surface area contributed by atoms with Gasteiger partial charge in [0.1, 0.15) is 6.04 Å². The second-order valence-corrected chi connectivity index (χ2v) is 5.00. The minimum Gasteiger partial charge on any atom is -0.480 e. The number of ether oxygens (including phenoxy) is 1. The van der Waals surface area contributed by atoms with Crippen LogP contribution in [-0.4, -0.2) is 48.3 Å². The van der Waals surface area contributed by atoms with Crippen molar-refractivity contribution in [2.75, 3.05) is 26.3 Å². The van der Waals surface area contributed by atoms with E-state index >= 15 is 0 Å². The first-order chi connectivity index (χ1) is 7.48. The fraction of sp³-hybridized carbons (Fsp3) is 0.917. The Morgan fingerprint density at radius 3 is 2.50 bits per heavy atom. The van der Waals surface area contributed by atoms with Crippen molar-refractivity contribution in [3.63, 3.8) is 0 Å². The predicted molar refractivity (Wildman–Crippen MR) is 62.5 cm³/mol. The van der Waals surface area contributed by atoms with Gasteiger partial charge in [-0.1, -0.05) is 6.92 Å². The van der Waals surface area contributed by atoms with E-state index in [1.165, 1.54) is 0 Å². The molecule has 1 unspecified atom stereocenters. The third-order valence-electron chi connectivity index (χ3n) is 3.56. The molecule has 1 aliphatic rings. The molecule has 0 aromatic rings. The zero-order chi connectivity index (χ0) is 12.2. The Kier molecular flexibility index (Phi) is 4.74. The van der Waals surface area contributed by atoms with Crippen LogP contribution in [0.2, 0.25) is 0 Å². The van der Waals surface area contributed by atoms with Crippen LogP contribution < -0.4 is 0 Å². The monoisotopic (exact) mass is 229 g/mol. The van der Waals surface area contributed by atoms with Crippen LogP contribution in [0.3, 0.4) is 0 Å². The van der Waals surface area contributed by atoms with Gasteiger partial charge >= 0.3 is 5.97 Å². The fourth-order valence-corrected chi connectivity index (χ4v) is 2.10. The number of rotatable bonds is 5. The summed E-state index contributed by atoms with van der Waals surface area (Å²) in [6.45, 7) is 9.25. The molecule has 4 heteroatoms. The number of hydrogen-bond donors (Lipinski definition) is 1. The van der Waals surface area contributed by atoms with Gasteiger partial charge < -0.3 is 9.84 Å². The molecule has 0 spiro atoms. The van der Waals surface area contributed by atoms with Crippen LogP contribution in [0, 0.1) is 5.41 Å². The maximum Gasteiger partial charge on any atom is 0.320 e. The molecule has 0 aromatic carbocycles. The molecule has 1 N–H and O–H groups in total. The van der Waals surface area contributed by atoms with Crippen molar-refractivity contribution in [2.24, 2.45) is 5.41 Å². The molecule has 1 heterocycles. The lowest BCUT2D eigenvalue weighted by Gasteiger charge is -2.40. The highest BCUT2D eigenvalue weighted by Gasteiger charge is 2.33. The summed E-state index contributed by atoms with van der Waals surface area (Å²) in [6, 6.07) is -0.364. The molecule has 1 atom stereocenters. The molecule has 0 bridgehead atoms. The van der Waals surface area contributed by atoms with Crippen molar-refractivity contribution in [1.82, 2.24) is 4.90 Å². The number of hydrogen-bond acceptors (Lipinski definition) is 3. The highest BCUT2D eigenvalue weighted by molar-refractivity contribution is 5.72. The van der Waals surface area contributed by atoms with Crippen LogP contribution in [0.15, 0.2) is 0 Å². The van der Waals surface area contributed by atoms with Gasteiger partial charge in [0.2, 0.25) is 0 Å². The second-order valence-electron chi connectivity index (χ2n) is 5.00. The first-order valence-electron chi connectivity index (χ1n) is 6.03. The van der Waals surface area contributed by atoms with Crippen molar-refractivity contribution in [3.8, 4) is 0 Å². The van der Waals surface area contributed by atoms with Gasteiger partial charge in [-0.15, -0.1) is 0 Å². The largest absolute Gasteiger partial charge is 0.480 e. The summed E-state index contributed by atoms with van der Waals surface area (Å²) in [6.07, 6.45) is 2.04. The van der Waals surface area contributed by atoms with Crippen LogP contribution in [0.4, 0.5) is 0 Å². The summed E-state index contributed by atoms with van der Waals surface area (Å²) in [7, 11) is 0. The Bertz CT molecular complexity index is 234. The Morgan fingerprint density at radius 2 is 2.06 bits per heavy atom. The third kappa shape index (κ3) is 3.46. The van der Waals surface area contributed by atoms with Gasteiger partial charge in [-0.25, -0.2) is 0 Å². The van der Waals surface area contributed by atoms with Gasteiger partial charge in [0.15, 0.2) is 0 Å². The van der Waals surface area contributed by atoms with E-state index in [9.17, 15) is 4.79 Å². The van der Waals surface area contributed by atoms with E-state index in [-0.39, 0.29) is 11.5 Å². The molecule has 0 amide bonds. The minimum atomic E-state index is -0.728. The summed E-state index contributed by atoms with van der Waals surface area (Å²) in [5, 5.41) is 8.94. The number of carboxylic acid groups (broad SMARTS) is 1. The lowest BCUT2D eigenvalue weighted by molar-refractivity contribution is -0.143. The summed E-state index contributed by atoms with van der Waals surface area (Å²) in [4.78, 5) is 12.9. The van der Waals surface area contributed by atoms with E-state index in [1.807, 2.05) is 11.8 Å². The molecule has 0 saturated carbocycles. The van der Waals surface area contributed by atoms with E-state index < -0.39 is 5.97 Å². The maximum absolute atomic E-state index is 10.9. The molecule has 1 rings (SSSR count). The molecular formula is C12H23NO3. The Morgan fingerprint density at radius 1 is 1.50 bits per heavy atom. The highest BCUT2D eigenvalue weighted by Crippen LogP contribution is 2.31. The van der Waals surface area contributed by atoms with Gasteiger partial charge in [0, 0.05) is 6.61 Å². The first kappa shape index (κ1) is 13.5. The minimum absolute atomic E-state index is 0.227. The van der Waals surface area contributed by atoms with Crippen LogP contribution in [0.1, 0.15) is 33.6 Å². The molecule has 16 heavy (non-hydrogen) atoms. The lowest BCUT2D eigenvalue weighted by atomic mass is 9.81. The summed E-state index contributed by atoms with van der Waals surface area (Å²) in [5.74, 6) is -0.728. The number of likely N-dealkylation sites (tertiary alicyclic amines) is 1. The summed E-state index contributed by atoms with van der Waals surface area (Å²) >= 11 is 0. The molecule has 0 radical (unpaired) electrons. The van der Waals surface area contributed by atoms with Gasteiger partial charge in [-0.3, -0.25) is 9.69 Å². The van der Waals surface area contributed by atoms with Crippen molar-refractivity contribution >= 4 is 5.97 Å². The van der Waals surface area contributed by atoms with Crippen LogP contribution in [0.25, 0.3) is 0 Å². The Hall–Kier alpha value is -0.610. The van der Waals surface area contributed by atoms with Gasteiger partial charge in [-0.05, 0) is 45.2 Å². The topological polar surface area (TPSA) is 49.8 Å². The number of nitrogens with zero attached hydrogens (tertiary/aromatic N) is 1. The molecular weight excluding hydrogens is 206 g/mol. The Labute approximate surface area is 97.6 Å². The molecule has 0 aromatic heterocycles. The molecule has 1 aliphatic heterocycles. The molecule has 94 valence electrons. The van der Waals surface area contributed by atoms with E-state index in [0.29, 0.717) is 0 Å². The number of piperidine rings is 1. The molecule has 0 aliphatic carbocycles. The fourth-order valence-electron chi connectivity index (χ4n) is 2.10. The van der Waals surface area contributed by atoms with E-state index in [4.69, 9.17) is 9.84 Å². The highest BCUT2D eigenvalue weighted by atomic mass is 16.5. The number of carbonyl (C=O) groups is 1. The van der Waals surface area contributed by atoms with Crippen LogP contribution in [-0.2, 0) is 9.53 Å². The second kappa shape index (κ2) is 5.64. The number of aliphatic carboxylic acids is 1. The maximum atomic E-state index is 10.9. The normalized spacial score (nSPS) is 22.9. The average Bonchev–Trinajstić information content (AvgIpc) is 2.26.